The highest BCUT2D eigenvalue weighted by molar-refractivity contribution is 7.98. The zero-order valence-corrected chi connectivity index (χ0v) is 15.2. The Balaban J connectivity index is 1.78. The van der Waals surface area contributed by atoms with Crippen LogP contribution in [0.25, 0.3) is 0 Å². The van der Waals surface area contributed by atoms with Crippen molar-refractivity contribution in [3.05, 3.63) is 59.9 Å². The summed E-state index contributed by atoms with van der Waals surface area (Å²) in [5.41, 5.74) is 0.681. The van der Waals surface area contributed by atoms with Crippen LogP contribution in [0.5, 0.6) is 5.75 Å². The van der Waals surface area contributed by atoms with Gasteiger partial charge in [-0.05, 0) is 35.9 Å². The number of thioether (sulfide) groups is 1. The Morgan fingerprint density at radius 3 is 2.38 bits per heavy atom. The fourth-order valence-corrected chi connectivity index (χ4v) is 3.64. The van der Waals surface area contributed by atoms with Crippen LogP contribution in [-0.2, 0) is 15.8 Å². The van der Waals surface area contributed by atoms with E-state index in [1.165, 1.54) is 36.6 Å². The monoisotopic (exact) mass is 369 g/mol. The van der Waals surface area contributed by atoms with Gasteiger partial charge in [0.1, 0.15) is 11.6 Å². The number of rotatable bonds is 8. The summed E-state index contributed by atoms with van der Waals surface area (Å²) in [7, 11) is -0.434. The summed E-state index contributed by atoms with van der Waals surface area (Å²) < 4.78 is 44.1. The molecule has 0 saturated carbocycles. The predicted octanol–water partition coefficient (Wildman–Crippen LogP) is 3.39. The Labute approximate surface area is 146 Å². The molecule has 24 heavy (non-hydrogen) atoms. The van der Waals surface area contributed by atoms with E-state index in [4.69, 9.17) is 4.74 Å². The minimum Gasteiger partial charge on any atom is -0.493 e. The van der Waals surface area contributed by atoms with Crippen molar-refractivity contribution in [2.24, 2.45) is 0 Å². The molecule has 0 heterocycles. The predicted molar refractivity (Wildman–Crippen MR) is 95.4 cm³/mol. The van der Waals surface area contributed by atoms with Crippen LogP contribution in [0.15, 0.2) is 53.4 Å². The van der Waals surface area contributed by atoms with Gasteiger partial charge < -0.3 is 4.74 Å². The van der Waals surface area contributed by atoms with Crippen molar-refractivity contribution in [2.45, 2.75) is 10.6 Å². The summed E-state index contributed by atoms with van der Waals surface area (Å²) in [6, 6.07) is 13.0. The van der Waals surface area contributed by atoms with E-state index >= 15 is 0 Å². The first-order valence-corrected chi connectivity index (χ1v) is 9.97. The Kier molecular flexibility index (Phi) is 6.65. The highest BCUT2D eigenvalue weighted by atomic mass is 32.2. The molecule has 4 nitrogen and oxygen atoms in total. The van der Waals surface area contributed by atoms with Crippen LogP contribution in [0.2, 0.25) is 0 Å². The number of hydrogen-bond donors (Lipinski definition) is 0. The van der Waals surface area contributed by atoms with Crippen LogP contribution in [0.4, 0.5) is 4.39 Å². The van der Waals surface area contributed by atoms with Crippen molar-refractivity contribution in [3.8, 4) is 5.75 Å². The van der Waals surface area contributed by atoms with Gasteiger partial charge >= 0.3 is 0 Å². The van der Waals surface area contributed by atoms with Gasteiger partial charge in [0.05, 0.1) is 11.5 Å². The molecule has 0 unspecified atom stereocenters. The molecule has 0 aliphatic rings. The maximum absolute atomic E-state index is 13.5. The van der Waals surface area contributed by atoms with Crippen LogP contribution < -0.4 is 4.74 Å². The normalized spacial score (nSPS) is 11.7. The van der Waals surface area contributed by atoms with E-state index in [0.29, 0.717) is 29.4 Å². The number of sulfonamides is 1. The average molecular weight is 369 g/mol. The highest BCUT2D eigenvalue weighted by Crippen LogP contribution is 2.19. The zero-order chi connectivity index (χ0) is 17.6. The van der Waals surface area contributed by atoms with E-state index in [0.717, 1.165) is 0 Å². The van der Waals surface area contributed by atoms with E-state index in [2.05, 4.69) is 0 Å². The van der Waals surface area contributed by atoms with Gasteiger partial charge in [0.2, 0.25) is 10.0 Å². The van der Waals surface area contributed by atoms with Crippen LogP contribution in [-0.4, -0.2) is 39.2 Å². The Hall–Kier alpha value is -1.57. The first-order valence-electron chi connectivity index (χ1n) is 7.38. The molecule has 0 fully saturated rings. The lowest BCUT2D eigenvalue weighted by atomic mass is 10.2. The molecule has 0 bridgehead atoms. The van der Waals surface area contributed by atoms with Crippen molar-refractivity contribution >= 4 is 21.8 Å². The second kappa shape index (κ2) is 8.50. The Bertz CT molecular complexity index is 762. The first kappa shape index (κ1) is 18.8. The Morgan fingerprint density at radius 1 is 1.08 bits per heavy atom. The molecular weight excluding hydrogens is 349 g/mol. The van der Waals surface area contributed by atoms with Crippen molar-refractivity contribution in [1.29, 1.82) is 0 Å². The van der Waals surface area contributed by atoms with Crippen LogP contribution >= 0.6 is 11.8 Å². The quantitative estimate of drug-likeness (QED) is 0.669. The molecular formula is C17H20FNO3S2. The van der Waals surface area contributed by atoms with Crippen molar-refractivity contribution in [2.75, 3.05) is 26.5 Å². The maximum Gasteiger partial charge on any atom is 0.242 e. The fraction of sp³-hybridized carbons (Fsp3) is 0.294. The van der Waals surface area contributed by atoms with Gasteiger partial charge in [-0.1, -0.05) is 18.2 Å². The van der Waals surface area contributed by atoms with E-state index in [1.807, 2.05) is 6.07 Å². The smallest absolute Gasteiger partial charge is 0.242 e. The van der Waals surface area contributed by atoms with Gasteiger partial charge in [-0.3, -0.25) is 0 Å². The third kappa shape index (κ3) is 4.96. The van der Waals surface area contributed by atoms with Gasteiger partial charge in [-0.15, -0.1) is 0 Å². The molecule has 0 amide bonds. The largest absolute Gasteiger partial charge is 0.493 e. The minimum absolute atomic E-state index is 0.191. The minimum atomic E-state index is -3.42. The molecule has 2 aromatic rings. The van der Waals surface area contributed by atoms with Crippen LogP contribution in [0.3, 0.4) is 0 Å². The summed E-state index contributed by atoms with van der Waals surface area (Å²) in [5, 5.41) is 0. The third-order valence-electron chi connectivity index (χ3n) is 3.31. The number of halogens is 1. The lowest BCUT2D eigenvalue weighted by molar-refractivity contribution is 0.343. The van der Waals surface area contributed by atoms with Crippen LogP contribution in [0, 0.1) is 5.82 Å². The molecule has 2 rings (SSSR count). The maximum atomic E-state index is 13.5. The highest BCUT2D eigenvalue weighted by Gasteiger charge is 2.16. The molecule has 7 heteroatoms. The zero-order valence-electron chi connectivity index (χ0n) is 13.6. The number of ether oxygens (including phenoxy) is 1. The molecule has 2 aromatic carbocycles. The SMILES string of the molecule is CN(C)S(=O)(=O)c1ccc(OCCSCc2ccccc2F)cc1. The molecule has 130 valence electrons. The molecule has 0 saturated heterocycles. The van der Waals surface area contributed by atoms with Gasteiger partial charge in [-0.25, -0.2) is 17.1 Å². The summed E-state index contributed by atoms with van der Waals surface area (Å²) in [5.74, 6) is 1.73. The van der Waals surface area contributed by atoms with E-state index in [9.17, 15) is 12.8 Å². The first-order chi connectivity index (χ1) is 11.4. The average Bonchev–Trinajstić information content (AvgIpc) is 2.56. The topological polar surface area (TPSA) is 46.6 Å². The van der Waals surface area contributed by atoms with Crippen molar-refractivity contribution < 1.29 is 17.5 Å². The summed E-state index contributed by atoms with van der Waals surface area (Å²) in [4.78, 5) is 0.230. The van der Waals surface area contributed by atoms with Gasteiger partial charge in [0.15, 0.2) is 0 Å². The molecule has 0 aromatic heterocycles. The third-order valence-corrected chi connectivity index (χ3v) is 6.11. The molecule has 0 atom stereocenters. The fourth-order valence-electron chi connectivity index (χ4n) is 1.93. The number of nitrogens with zero attached hydrogens (tertiary/aromatic N) is 1. The molecule has 0 aliphatic heterocycles. The van der Waals surface area contributed by atoms with Gasteiger partial charge in [-0.2, -0.15) is 11.8 Å². The van der Waals surface area contributed by atoms with Gasteiger partial charge in [0, 0.05) is 25.6 Å². The van der Waals surface area contributed by atoms with E-state index in [-0.39, 0.29) is 10.7 Å². The lowest BCUT2D eigenvalue weighted by Crippen LogP contribution is -2.22. The number of benzene rings is 2. The summed E-state index contributed by atoms with van der Waals surface area (Å²) >= 11 is 1.58. The summed E-state index contributed by atoms with van der Waals surface area (Å²) in [6.45, 7) is 0.471. The van der Waals surface area contributed by atoms with Crippen molar-refractivity contribution in [1.82, 2.24) is 4.31 Å². The lowest BCUT2D eigenvalue weighted by Gasteiger charge is -2.12. The molecule has 0 N–H and O–H groups in total. The summed E-state index contributed by atoms with van der Waals surface area (Å²) in [6.07, 6.45) is 0. The molecule has 0 aliphatic carbocycles. The second-order valence-electron chi connectivity index (χ2n) is 5.25. The van der Waals surface area contributed by atoms with Crippen molar-refractivity contribution in [3.63, 3.8) is 0 Å². The second-order valence-corrected chi connectivity index (χ2v) is 8.51. The van der Waals surface area contributed by atoms with Gasteiger partial charge in [0.25, 0.3) is 0 Å². The van der Waals surface area contributed by atoms with E-state index in [1.54, 1.807) is 36.0 Å². The standard InChI is InChI=1S/C17H20FNO3S2/c1-19(2)24(20,21)16-9-7-15(8-10-16)22-11-12-23-13-14-5-3-4-6-17(14)18/h3-10H,11-13H2,1-2H3. The van der Waals surface area contributed by atoms with E-state index < -0.39 is 10.0 Å². The molecule has 0 radical (unpaired) electrons. The Morgan fingerprint density at radius 2 is 1.75 bits per heavy atom. The van der Waals surface area contributed by atoms with Crippen LogP contribution in [0.1, 0.15) is 5.56 Å². The number of hydrogen-bond acceptors (Lipinski definition) is 4. The molecule has 0 spiro atoms.